The second kappa shape index (κ2) is 9.14. The zero-order valence-corrected chi connectivity index (χ0v) is 14.9. The third kappa shape index (κ3) is 5.17. The number of hydrogen-bond donors (Lipinski definition) is 2. The van der Waals surface area contributed by atoms with Crippen LogP contribution in [-0.4, -0.2) is 29.6 Å². The quantitative estimate of drug-likeness (QED) is 0.750. The van der Waals surface area contributed by atoms with Crippen molar-refractivity contribution in [2.24, 2.45) is 0 Å². The van der Waals surface area contributed by atoms with Crippen molar-refractivity contribution in [3.8, 4) is 11.1 Å². The van der Waals surface area contributed by atoms with E-state index >= 15 is 0 Å². The molecule has 2 atom stereocenters. The molecule has 2 unspecified atom stereocenters. The van der Waals surface area contributed by atoms with Crippen LogP contribution in [0.15, 0.2) is 36.5 Å². The van der Waals surface area contributed by atoms with E-state index in [-0.39, 0.29) is 49.0 Å². The predicted molar refractivity (Wildman–Crippen MR) is 95.0 cm³/mol. The van der Waals surface area contributed by atoms with Gasteiger partial charge in [-0.1, -0.05) is 24.3 Å². The van der Waals surface area contributed by atoms with Crippen LogP contribution in [0.2, 0.25) is 0 Å². The van der Waals surface area contributed by atoms with E-state index in [1.54, 1.807) is 0 Å². The van der Waals surface area contributed by atoms with Crippen LogP contribution in [0.3, 0.4) is 0 Å². The minimum Gasteiger partial charge on any atom is -0.349 e. The number of benzene rings is 1. The zero-order chi connectivity index (χ0) is 18.7. The fraction of sp³-hybridized carbons (Fsp3) is 0.333. The van der Waals surface area contributed by atoms with Crippen LogP contribution in [0, 0.1) is 5.82 Å². The number of rotatable bonds is 5. The Balaban J connectivity index is 0.00000261. The first-order valence-electron chi connectivity index (χ1n) is 8.12. The molecule has 9 heteroatoms. The normalized spacial score (nSPS) is 19.0. The van der Waals surface area contributed by atoms with Crippen molar-refractivity contribution >= 4 is 18.3 Å². The molecule has 1 amide bonds. The molecular weight excluding hydrogens is 386 g/mol. The van der Waals surface area contributed by atoms with Gasteiger partial charge in [-0.05, 0) is 11.6 Å². The van der Waals surface area contributed by atoms with Gasteiger partial charge in [-0.2, -0.15) is 0 Å². The molecule has 0 saturated carbocycles. The number of nitrogens with one attached hydrogen (secondary N) is 2. The summed E-state index contributed by atoms with van der Waals surface area (Å²) in [6, 6.07) is 6.15. The predicted octanol–water partition coefficient (Wildman–Crippen LogP) is 3.56. The third-order valence-corrected chi connectivity index (χ3v) is 4.22. The van der Waals surface area contributed by atoms with Crippen LogP contribution in [0.25, 0.3) is 11.1 Å². The molecule has 4 nitrogen and oxygen atoms in total. The summed E-state index contributed by atoms with van der Waals surface area (Å²) in [4.78, 5) is 15.9. The van der Waals surface area contributed by atoms with Crippen LogP contribution in [0.4, 0.5) is 17.6 Å². The standard InChI is InChI=1S/C18H17F4N3O.ClH/c19-12-5-16(24-7-12)18(26)25-8-13-6-14(15(20)9-23-13)10-1-3-11(4-2-10)17(21)22;/h1-4,6,9,12,16-17,24H,5,7-8H2,(H,25,26);1H. The van der Waals surface area contributed by atoms with Crippen molar-refractivity contribution in [3.63, 3.8) is 0 Å². The molecule has 27 heavy (non-hydrogen) atoms. The summed E-state index contributed by atoms with van der Waals surface area (Å²) in [6.45, 7) is 0.196. The minimum absolute atomic E-state index is 0. The van der Waals surface area contributed by atoms with Gasteiger partial charge in [-0.25, -0.2) is 17.6 Å². The van der Waals surface area contributed by atoms with E-state index in [0.717, 1.165) is 6.20 Å². The summed E-state index contributed by atoms with van der Waals surface area (Å²) in [5, 5.41) is 5.41. The van der Waals surface area contributed by atoms with E-state index in [1.165, 1.54) is 30.3 Å². The lowest BCUT2D eigenvalue weighted by Gasteiger charge is -2.12. The number of alkyl halides is 3. The molecule has 0 radical (unpaired) electrons. The molecule has 2 aromatic rings. The summed E-state index contributed by atoms with van der Waals surface area (Å²) in [7, 11) is 0. The Kier molecular flexibility index (Phi) is 7.15. The van der Waals surface area contributed by atoms with Crippen molar-refractivity contribution in [2.75, 3.05) is 6.54 Å². The van der Waals surface area contributed by atoms with E-state index in [2.05, 4.69) is 15.6 Å². The smallest absolute Gasteiger partial charge is 0.263 e. The molecule has 0 bridgehead atoms. The van der Waals surface area contributed by atoms with Gasteiger partial charge in [0.2, 0.25) is 5.91 Å². The molecular formula is C18H18ClF4N3O. The Morgan fingerprint density at radius 2 is 2.00 bits per heavy atom. The van der Waals surface area contributed by atoms with E-state index in [4.69, 9.17) is 0 Å². The van der Waals surface area contributed by atoms with Crippen molar-refractivity contribution in [3.05, 3.63) is 53.6 Å². The fourth-order valence-electron chi connectivity index (χ4n) is 2.80. The first kappa shape index (κ1) is 21.1. The highest BCUT2D eigenvalue weighted by Crippen LogP contribution is 2.26. The Hall–Kier alpha value is -2.19. The topological polar surface area (TPSA) is 54.0 Å². The Labute approximate surface area is 159 Å². The van der Waals surface area contributed by atoms with Gasteiger partial charge in [-0.3, -0.25) is 9.78 Å². The number of halogens is 5. The summed E-state index contributed by atoms with van der Waals surface area (Å²) in [5.74, 6) is -0.943. The maximum Gasteiger partial charge on any atom is 0.263 e. The van der Waals surface area contributed by atoms with Gasteiger partial charge >= 0.3 is 0 Å². The molecule has 2 N–H and O–H groups in total. The van der Waals surface area contributed by atoms with E-state index in [0.29, 0.717) is 11.3 Å². The largest absolute Gasteiger partial charge is 0.349 e. The fourth-order valence-corrected chi connectivity index (χ4v) is 2.80. The monoisotopic (exact) mass is 403 g/mol. The van der Waals surface area contributed by atoms with Crippen LogP contribution in [-0.2, 0) is 11.3 Å². The Morgan fingerprint density at radius 1 is 1.30 bits per heavy atom. The first-order valence-corrected chi connectivity index (χ1v) is 8.12. The maximum absolute atomic E-state index is 14.1. The van der Waals surface area contributed by atoms with Crippen LogP contribution >= 0.6 is 12.4 Å². The molecule has 146 valence electrons. The van der Waals surface area contributed by atoms with Gasteiger partial charge in [0.05, 0.1) is 24.5 Å². The van der Waals surface area contributed by atoms with Crippen LogP contribution < -0.4 is 10.6 Å². The number of hydrogen-bond acceptors (Lipinski definition) is 3. The Morgan fingerprint density at radius 3 is 2.59 bits per heavy atom. The SMILES string of the molecule is Cl.O=C(NCc1cc(-c2ccc(C(F)F)cc2)c(F)cn1)C1CC(F)CN1. The second-order valence-electron chi connectivity index (χ2n) is 6.09. The zero-order valence-electron chi connectivity index (χ0n) is 14.1. The molecule has 0 spiro atoms. The molecule has 1 aliphatic rings. The van der Waals surface area contributed by atoms with E-state index in [9.17, 15) is 22.4 Å². The van der Waals surface area contributed by atoms with Crippen LogP contribution in [0.1, 0.15) is 24.1 Å². The molecule has 1 aromatic carbocycles. The van der Waals surface area contributed by atoms with Crippen LogP contribution in [0.5, 0.6) is 0 Å². The van der Waals surface area contributed by atoms with Crippen molar-refractivity contribution in [1.82, 2.24) is 15.6 Å². The van der Waals surface area contributed by atoms with Crippen molar-refractivity contribution < 1.29 is 22.4 Å². The van der Waals surface area contributed by atoms with Gasteiger partial charge in [-0.15, -0.1) is 12.4 Å². The summed E-state index contributed by atoms with van der Waals surface area (Å²) in [5.41, 5.74) is 0.890. The summed E-state index contributed by atoms with van der Waals surface area (Å²) in [6.07, 6.45) is -2.50. The number of pyridine rings is 1. The molecule has 0 aliphatic carbocycles. The van der Waals surface area contributed by atoms with E-state index in [1.807, 2.05) is 0 Å². The average Bonchev–Trinajstić information content (AvgIpc) is 3.07. The highest BCUT2D eigenvalue weighted by atomic mass is 35.5. The lowest BCUT2D eigenvalue weighted by atomic mass is 10.0. The highest BCUT2D eigenvalue weighted by Gasteiger charge is 2.28. The molecule has 3 rings (SSSR count). The summed E-state index contributed by atoms with van der Waals surface area (Å²) < 4.78 is 52.4. The molecule has 1 aliphatic heterocycles. The van der Waals surface area contributed by atoms with Gasteiger partial charge in [0.25, 0.3) is 6.43 Å². The number of amides is 1. The molecule has 1 fully saturated rings. The molecule has 1 saturated heterocycles. The average molecular weight is 404 g/mol. The number of carbonyl (C=O) groups is 1. The van der Waals surface area contributed by atoms with Gasteiger partial charge in [0, 0.05) is 24.1 Å². The first-order chi connectivity index (χ1) is 12.4. The third-order valence-electron chi connectivity index (χ3n) is 4.22. The number of nitrogens with zero attached hydrogens (tertiary/aromatic N) is 1. The van der Waals surface area contributed by atoms with Crippen molar-refractivity contribution in [2.45, 2.75) is 31.6 Å². The Bertz CT molecular complexity index is 789. The van der Waals surface area contributed by atoms with Gasteiger partial charge in [0.1, 0.15) is 12.0 Å². The molecule has 1 aromatic heterocycles. The van der Waals surface area contributed by atoms with Gasteiger partial charge < -0.3 is 10.6 Å². The molecule has 2 heterocycles. The van der Waals surface area contributed by atoms with E-state index < -0.39 is 24.5 Å². The summed E-state index contributed by atoms with van der Waals surface area (Å²) >= 11 is 0. The lowest BCUT2D eigenvalue weighted by molar-refractivity contribution is -0.123. The maximum atomic E-state index is 14.1. The van der Waals surface area contributed by atoms with Crippen molar-refractivity contribution in [1.29, 1.82) is 0 Å². The highest BCUT2D eigenvalue weighted by molar-refractivity contribution is 5.85. The second-order valence-corrected chi connectivity index (χ2v) is 6.09. The lowest BCUT2D eigenvalue weighted by Crippen LogP contribution is -2.40. The van der Waals surface area contributed by atoms with Gasteiger partial charge in [0.15, 0.2) is 0 Å². The number of aromatic nitrogens is 1. The number of carbonyl (C=O) groups excluding carboxylic acids is 1. The minimum atomic E-state index is -2.59.